The van der Waals surface area contributed by atoms with Gasteiger partial charge in [0.05, 0.1) is 16.6 Å². The summed E-state index contributed by atoms with van der Waals surface area (Å²) in [5.74, 6) is 0.855. The molecule has 0 bridgehead atoms. The van der Waals surface area contributed by atoms with Gasteiger partial charge in [0.25, 0.3) is 0 Å². The van der Waals surface area contributed by atoms with E-state index >= 15 is 0 Å². The van der Waals surface area contributed by atoms with Crippen LogP contribution in [0.25, 0.3) is 66.2 Å². The Morgan fingerprint density at radius 1 is 0.553 bits per heavy atom. The molecule has 0 fully saturated rings. The van der Waals surface area contributed by atoms with Crippen LogP contribution in [0.4, 0.5) is 0 Å². The highest BCUT2D eigenvalue weighted by Gasteiger charge is 2.17. The van der Waals surface area contributed by atoms with Crippen LogP contribution in [0.2, 0.25) is 0 Å². The molecule has 0 unspecified atom stereocenters. The molecule has 0 spiro atoms. The van der Waals surface area contributed by atoms with E-state index in [9.17, 15) is 0 Å². The van der Waals surface area contributed by atoms with Crippen LogP contribution in [-0.2, 0) is 6.42 Å². The van der Waals surface area contributed by atoms with Gasteiger partial charge >= 0.3 is 0 Å². The minimum atomic E-state index is 0.855. The molecule has 8 aromatic rings. The second-order valence-electron chi connectivity index (χ2n) is 9.85. The van der Waals surface area contributed by atoms with Crippen LogP contribution in [0.15, 0.2) is 115 Å². The van der Waals surface area contributed by atoms with Gasteiger partial charge in [0, 0.05) is 32.8 Å². The maximum atomic E-state index is 4.71. The predicted octanol–water partition coefficient (Wildman–Crippen LogP) is 8.36. The van der Waals surface area contributed by atoms with Crippen molar-refractivity contribution in [3.8, 4) is 17.1 Å². The summed E-state index contributed by atoms with van der Waals surface area (Å²) in [5.41, 5.74) is 7.92. The van der Waals surface area contributed by atoms with Gasteiger partial charge in [0.2, 0.25) is 0 Å². The van der Waals surface area contributed by atoms with E-state index < -0.39 is 0 Å². The van der Waals surface area contributed by atoms with E-state index in [0.29, 0.717) is 0 Å². The van der Waals surface area contributed by atoms with Crippen LogP contribution in [0.5, 0.6) is 0 Å². The SMILES string of the molecule is CCc1ccc2c(c1)c1ccccc1c1nnc(-c3ccc(-n4c5ccccc5c5ccccc54)cc3)n21. The van der Waals surface area contributed by atoms with Gasteiger partial charge < -0.3 is 4.57 Å². The van der Waals surface area contributed by atoms with Crippen molar-refractivity contribution in [3.63, 3.8) is 0 Å². The van der Waals surface area contributed by atoms with Crippen molar-refractivity contribution in [2.45, 2.75) is 13.3 Å². The van der Waals surface area contributed by atoms with E-state index in [0.717, 1.165) is 40.0 Å². The smallest absolute Gasteiger partial charge is 0.169 e. The molecule has 0 saturated heterocycles. The summed E-state index contributed by atoms with van der Waals surface area (Å²) in [6.45, 7) is 2.20. The third kappa shape index (κ3) is 2.91. The van der Waals surface area contributed by atoms with Crippen molar-refractivity contribution < 1.29 is 0 Å². The molecular weight excluding hydrogens is 464 g/mol. The number of aromatic nitrogens is 4. The number of benzene rings is 5. The van der Waals surface area contributed by atoms with Gasteiger partial charge in [-0.2, -0.15) is 0 Å². The number of aryl methyl sites for hydroxylation is 1. The second-order valence-corrected chi connectivity index (χ2v) is 9.85. The maximum absolute atomic E-state index is 4.71. The number of hydrogen-bond donors (Lipinski definition) is 0. The number of rotatable bonds is 3. The number of nitrogens with zero attached hydrogens (tertiary/aromatic N) is 4. The molecular formula is C34H24N4. The Balaban J connectivity index is 1.35. The highest BCUT2D eigenvalue weighted by Crippen LogP contribution is 2.35. The minimum Gasteiger partial charge on any atom is -0.309 e. The van der Waals surface area contributed by atoms with Crippen molar-refractivity contribution in [2.24, 2.45) is 0 Å². The quantitative estimate of drug-likeness (QED) is 0.234. The fourth-order valence-electron chi connectivity index (χ4n) is 5.96. The van der Waals surface area contributed by atoms with E-state index in [1.807, 2.05) is 0 Å². The molecule has 0 aliphatic heterocycles. The fourth-order valence-corrected chi connectivity index (χ4v) is 5.96. The predicted molar refractivity (Wildman–Crippen MR) is 157 cm³/mol. The molecule has 8 rings (SSSR count). The molecule has 3 aromatic heterocycles. The zero-order valence-corrected chi connectivity index (χ0v) is 21.0. The van der Waals surface area contributed by atoms with Gasteiger partial charge in [-0.15, -0.1) is 10.2 Å². The summed E-state index contributed by atoms with van der Waals surface area (Å²) in [6.07, 6.45) is 1.00. The lowest BCUT2D eigenvalue weighted by molar-refractivity contribution is 1.11. The number of para-hydroxylation sites is 2. The summed E-state index contributed by atoms with van der Waals surface area (Å²) >= 11 is 0. The Labute approximate surface area is 219 Å². The molecule has 0 aliphatic carbocycles. The molecule has 0 aliphatic rings. The summed E-state index contributed by atoms with van der Waals surface area (Å²) in [4.78, 5) is 0. The lowest BCUT2D eigenvalue weighted by atomic mass is 10.0. The van der Waals surface area contributed by atoms with Gasteiger partial charge in [-0.3, -0.25) is 4.40 Å². The van der Waals surface area contributed by atoms with Gasteiger partial charge in [-0.05, 0) is 65.9 Å². The molecule has 38 heavy (non-hydrogen) atoms. The average Bonchev–Trinajstić information content (AvgIpc) is 3.58. The summed E-state index contributed by atoms with van der Waals surface area (Å²) in [7, 11) is 0. The number of hydrogen-bond acceptors (Lipinski definition) is 2. The van der Waals surface area contributed by atoms with Crippen molar-refractivity contribution in [1.29, 1.82) is 0 Å². The molecule has 0 radical (unpaired) electrons. The topological polar surface area (TPSA) is 35.1 Å². The first kappa shape index (κ1) is 21.2. The van der Waals surface area contributed by atoms with Crippen LogP contribution in [0.3, 0.4) is 0 Å². The molecule has 180 valence electrons. The van der Waals surface area contributed by atoms with Gasteiger partial charge in [-0.1, -0.05) is 73.7 Å². The summed E-state index contributed by atoms with van der Waals surface area (Å²) in [5, 5.41) is 15.5. The van der Waals surface area contributed by atoms with Gasteiger partial charge in [-0.25, -0.2) is 0 Å². The first-order chi connectivity index (χ1) is 18.8. The van der Waals surface area contributed by atoms with E-state index in [1.54, 1.807) is 0 Å². The number of pyridine rings is 1. The Hall–Kier alpha value is -4.96. The normalized spacial score (nSPS) is 11.9. The zero-order valence-electron chi connectivity index (χ0n) is 21.0. The van der Waals surface area contributed by atoms with E-state index in [4.69, 9.17) is 5.10 Å². The summed E-state index contributed by atoms with van der Waals surface area (Å²) in [6, 6.07) is 41.2. The lowest BCUT2D eigenvalue weighted by Gasteiger charge is -2.12. The Kier molecular flexibility index (Phi) is 4.47. The van der Waals surface area contributed by atoms with E-state index in [-0.39, 0.29) is 0 Å². The number of fused-ring (bicyclic) bond motifs is 9. The second kappa shape index (κ2) is 8.02. The third-order valence-electron chi connectivity index (χ3n) is 7.80. The largest absolute Gasteiger partial charge is 0.309 e. The van der Waals surface area contributed by atoms with Crippen LogP contribution < -0.4 is 0 Å². The molecule has 5 aromatic carbocycles. The standard InChI is InChI=1S/C34H24N4/c1-2-22-15-20-32-29(21-22)25-9-3-4-12-28(25)34-36-35-33(38(32)34)23-16-18-24(19-17-23)37-30-13-7-5-10-26(30)27-11-6-8-14-31(27)37/h3-21H,2H2,1H3. The molecule has 0 N–H and O–H groups in total. The average molecular weight is 489 g/mol. The first-order valence-electron chi connectivity index (χ1n) is 13.1. The first-order valence-corrected chi connectivity index (χ1v) is 13.1. The van der Waals surface area contributed by atoms with Gasteiger partial charge in [0.15, 0.2) is 11.5 Å². The van der Waals surface area contributed by atoms with Crippen molar-refractivity contribution in [3.05, 3.63) is 121 Å². The minimum absolute atomic E-state index is 0.855. The maximum Gasteiger partial charge on any atom is 0.169 e. The fraction of sp³-hybridized carbons (Fsp3) is 0.0588. The molecule has 0 atom stereocenters. The van der Waals surface area contributed by atoms with Crippen LogP contribution in [-0.4, -0.2) is 19.2 Å². The Bertz CT molecular complexity index is 2110. The van der Waals surface area contributed by atoms with Crippen LogP contribution >= 0.6 is 0 Å². The Morgan fingerprint density at radius 3 is 1.87 bits per heavy atom. The molecule has 0 amide bonds. The summed E-state index contributed by atoms with van der Waals surface area (Å²) < 4.78 is 4.55. The van der Waals surface area contributed by atoms with Gasteiger partial charge in [0.1, 0.15) is 0 Å². The molecule has 3 heterocycles. The highest BCUT2D eigenvalue weighted by atomic mass is 15.2. The van der Waals surface area contributed by atoms with E-state index in [1.165, 1.54) is 38.1 Å². The zero-order chi connectivity index (χ0) is 25.2. The van der Waals surface area contributed by atoms with Crippen LogP contribution in [0, 0.1) is 0 Å². The molecule has 4 nitrogen and oxygen atoms in total. The van der Waals surface area contributed by atoms with Crippen molar-refractivity contribution in [2.75, 3.05) is 0 Å². The lowest BCUT2D eigenvalue weighted by Crippen LogP contribution is -1.96. The highest BCUT2D eigenvalue weighted by molar-refractivity contribution is 6.12. The van der Waals surface area contributed by atoms with Crippen LogP contribution in [0.1, 0.15) is 12.5 Å². The molecule has 0 saturated carbocycles. The molecule has 4 heteroatoms. The Morgan fingerprint density at radius 2 is 1.18 bits per heavy atom. The monoisotopic (exact) mass is 488 g/mol. The van der Waals surface area contributed by atoms with E-state index in [2.05, 4.69) is 136 Å². The van der Waals surface area contributed by atoms with Crippen molar-refractivity contribution >= 4 is 49.1 Å². The van der Waals surface area contributed by atoms with Crippen molar-refractivity contribution in [1.82, 2.24) is 19.2 Å². The third-order valence-corrected chi connectivity index (χ3v) is 7.80.